The molecule has 2 heterocycles. The molecule has 1 aliphatic rings. The summed E-state index contributed by atoms with van der Waals surface area (Å²) in [6.07, 6.45) is 2.17. The number of hydrogen-bond donors (Lipinski definition) is 2. The van der Waals surface area contributed by atoms with E-state index in [0.29, 0.717) is 24.1 Å². The van der Waals surface area contributed by atoms with E-state index in [-0.39, 0.29) is 5.91 Å². The molecule has 3 rings (SSSR count). The molecule has 0 aromatic carbocycles. The molecule has 1 amide bonds. The highest BCUT2D eigenvalue weighted by molar-refractivity contribution is 7.07. The highest BCUT2D eigenvalue weighted by Crippen LogP contribution is 2.30. The average molecular weight is 262 g/mol. The second kappa shape index (κ2) is 4.45. The van der Waals surface area contributed by atoms with Crippen LogP contribution in [0.5, 0.6) is 0 Å². The Bertz CT molecular complexity index is 544. The lowest BCUT2D eigenvalue weighted by Gasteiger charge is -2.21. The molecule has 2 aromatic heterocycles. The van der Waals surface area contributed by atoms with Crippen molar-refractivity contribution in [1.29, 1.82) is 0 Å². The van der Waals surface area contributed by atoms with E-state index >= 15 is 0 Å². The highest BCUT2D eigenvalue weighted by Gasteiger charge is 2.33. The van der Waals surface area contributed by atoms with E-state index in [2.05, 4.69) is 21.6 Å². The van der Waals surface area contributed by atoms with Crippen molar-refractivity contribution in [3.63, 3.8) is 0 Å². The van der Waals surface area contributed by atoms with Crippen LogP contribution in [0.25, 0.3) is 0 Å². The lowest BCUT2D eigenvalue weighted by atomic mass is 10.2. The summed E-state index contributed by atoms with van der Waals surface area (Å²) in [6.45, 7) is 0.659. The smallest absolute Gasteiger partial charge is 0.272 e. The first-order valence-corrected chi connectivity index (χ1v) is 6.81. The van der Waals surface area contributed by atoms with Gasteiger partial charge in [0.15, 0.2) is 0 Å². The fourth-order valence-corrected chi connectivity index (χ4v) is 2.59. The van der Waals surface area contributed by atoms with E-state index in [0.717, 1.165) is 12.8 Å². The molecule has 0 radical (unpaired) electrons. The minimum atomic E-state index is -0.0205. The molecule has 6 heteroatoms. The van der Waals surface area contributed by atoms with Crippen molar-refractivity contribution in [2.45, 2.75) is 25.4 Å². The number of nitrogens with two attached hydrogens (primary N) is 1. The van der Waals surface area contributed by atoms with Gasteiger partial charge in [-0.15, -0.1) is 0 Å². The molecule has 0 atom stereocenters. The van der Waals surface area contributed by atoms with Gasteiger partial charge in [0.1, 0.15) is 11.5 Å². The maximum atomic E-state index is 12.4. The van der Waals surface area contributed by atoms with Gasteiger partial charge >= 0.3 is 0 Å². The van der Waals surface area contributed by atoms with Gasteiger partial charge in [0.2, 0.25) is 0 Å². The second-order valence-corrected chi connectivity index (χ2v) is 5.28. The van der Waals surface area contributed by atoms with Gasteiger partial charge in [-0.2, -0.15) is 16.4 Å². The quantitative estimate of drug-likeness (QED) is 0.883. The number of thiophene rings is 1. The Morgan fingerprint density at radius 2 is 2.44 bits per heavy atom. The third-order valence-corrected chi connectivity index (χ3v) is 3.74. The Hall–Kier alpha value is -1.82. The van der Waals surface area contributed by atoms with Crippen LogP contribution >= 0.6 is 11.3 Å². The molecule has 1 aliphatic carbocycles. The third kappa shape index (κ3) is 2.24. The van der Waals surface area contributed by atoms with Crippen LogP contribution in [0.4, 0.5) is 5.82 Å². The normalized spacial score (nSPS) is 14.7. The number of carbonyl (C=O) groups excluding carboxylic acids is 1. The topological polar surface area (TPSA) is 75.0 Å². The number of anilines is 1. The van der Waals surface area contributed by atoms with Crippen molar-refractivity contribution in [2.75, 3.05) is 5.73 Å². The molecule has 2 aromatic rings. The molecule has 3 N–H and O–H groups in total. The summed E-state index contributed by atoms with van der Waals surface area (Å²) in [6, 6.07) is 4.00. The van der Waals surface area contributed by atoms with Crippen LogP contribution in [-0.2, 0) is 6.54 Å². The van der Waals surface area contributed by atoms with Crippen LogP contribution in [0.15, 0.2) is 22.9 Å². The molecule has 5 nitrogen and oxygen atoms in total. The number of nitrogen functional groups attached to an aromatic ring is 1. The minimum Gasteiger partial charge on any atom is -0.382 e. The Labute approximate surface area is 109 Å². The van der Waals surface area contributed by atoms with Crippen LogP contribution in [0.1, 0.15) is 28.9 Å². The largest absolute Gasteiger partial charge is 0.382 e. The standard InChI is InChI=1S/C12H14N4OS/c13-11-5-10(14-15-11)12(17)16(9-1-2-9)6-8-3-4-18-7-8/h3-5,7,9H,1-2,6H2,(H3,13,14,15). The van der Waals surface area contributed by atoms with E-state index in [9.17, 15) is 4.79 Å². The van der Waals surface area contributed by atoms with Crippen LogP contribution in [-0.4, -0.2) is 27.0 Å². The number of hydrogen-bond acceptors (Lipinski definition) is 4. The van der Waals surface area contributed by atoms with E-state index in [1.54, 1.807) is 17.4 Å². The number of carbonyl (C=O) groups is 1. The van der Waals surface area contributed by atoms with Gasteiger partial charge in [-0.05, 0) is 35.2 Å². The summed E-state index contributed by atoms with van der Waals surface area (Å²) in [7, 11) is 0. The monoisotopic (exact) mass is 262 g/mol. The summed E-state index contributed by atoms with van der Waals surface area (Å²) >= 11 is 1.65. The van der Waals surface area contributed by atoms with Crippen LogP contribution in [0.2, 0.25) is 0 Å². The predicted octanol–water partition coefficient (Wildman–Crippen LogP) is 1.86. The van der Waals surface area contributed by atoms with Gasteiger partial charge in [-0.25, -0.2) is 0 Å². The van der Waals surface area contributed by atoms with Gasteiger partial charge < -0.3 is 10.6 Å². The number of amides is 1. The zero-order valence-corrected chi connectivity index (χ0v) is 10.6. The predicted molar refractivity (Wildman–Crippen MR) is 70.2 cm³/mol. The molecule has 0 aliphatic heterocycles. The van der Waals surface area contributed by atoms with Gasteiger partial charge in [-0.1, -0.05) is 0 Å². The maximum absolute atomic E-state index is 12.4. The zero-order chi connectivity index (χ0) is 12.5. The number of aromatic amines is 1. The van der Waals surface area contributed by atoms with Crippen molar-refractivity contribution in [1.82, 2.24) is 15.1 Å². The molecular formula is C12H14N4OS. The lowest BCUT2D eigenvalue weighted by Crippen LogP contribution is -2.32. The van der Waals surface area contributed by atoms with Crippen molar-refractivity contribution in [3.8, 4) is 0 Å². The molecule has 0 spiro atoms. The summed E-state index contributed by atoms with van der Waals surface area (Å²) in [5.74, 6) is 0.331. The van der Waals surface area contributed by atoms with Gasteiger partial charge in [0, 0.05) is 18.7 Å². The van der Waals surface area contributed by atoms with Crippen molar-refractivity contribution < 1.29 is 4.79 Å². The van der Waals surface area contributed by atoms with Crippen LogP contribution in [0.3, 0.4) is 0 Å². The molecule has 0 unspecified atom stereocenters. The van der Waals surface area contributed by atoms with Crippen LogP contribution < -0.4 is 5.73 Å². The molecular weight excluding hydrogens is 248 g/mol. The van der Waals surface area contributed by atoms with Gasteiger partial charge in [0.25, 0.3) is 5.91 Å². The first-order chi connectivity index (χ1) is 8.74. The molecule has 18 heavy (non-hydrogen) atoms. The zero-order valence-electron chi connectivity index (χ0n) is 9.80. The number of H-pyrrole nitrogens is 1. The van der Waals surface area contributed by atoms with E-state index < -0.39 is 0 Å². The summed E-state index contributed by atoms with van der Waals surface area (Å²) in [4.78, 5) is 14.3. The number of nitrogens with zero attached hydrogens (tertiary/aromatic N) is 2. The average Bonchev–Trinajstić information content (AvgIpc) is 2.88. The summed E-state index contributed by atoms with van der Waals surface area (Å²) in [5, 5.41) is 10.6. The SMILES string of the molecule is Nc1cc(C(=O)N(Cc2ccsc2)C2CC2)[nH]n1. The molecule has 0 bridgehead atoms. The number of rotatable bonds is 4. The molecule has 1 saturated carbocycles. The Balaban J connectivity index is 1.79. The highest BCUT2D eigenvalue weighted by atomic mass is 32.1. The minimum absolute atomic E-state index is 0.0205. The lowest BCUT2D eigenvalue weighted by molar-refractivity contribution is 0.0724. The van der Waals surface area contributed by atoms with Crippen molar-refractivity contribution in [2.24, 2.45) is 0 Å². The Morgan fingerprint density at radius 3 is 3.00 bits per heavy atom. The fourth-order valence-electron chi connectivity index (χ4n) is 1.93. The summed E-state index contributed by atoms with van der Waals surface area (Å²) < 4.78 is 0. The summed E-state index contributed by atoms with van der Waals surface area (Å²) in [5.41, 5.74) is 7.17. The van der Waals surface area contributed by atoms with E-state index in [1.807, 2.05) is 10.3 Å². The van der Waals surface area contributed by atoms with E-state index in [1.165, 1.54) is 5.56 Å². The third-order valence-electron chi connectivity index (χ3n) is 3.01. The molecule has 1 fully saturated rings. The maximum Gasteiger partial charge on any atom is 0.272 e. The number of nitrogens with one attached hydrogen (secondary N) is 1. The number of aromatic nitrogens is 2. The first-order valence-electron chi connectivity index (χ1n) is 5.87. The first kappa shape index (κ1) is 11.3. The molecule has 94 valence electrons. The van der Waals surface area contributed by atoms with E-state index in [4.69, 9.17) is 5.73 Å². The van der Waals surface area contributed by atoms with Crippen molar-refractivity contribution >= 4 is 23.1 Å². The van der Waals surface area contributed by atoms with Crippen molar-refractivity contribution in [3.05, 3.63) is 34.2 Å². The van der Waals surface area contributed by atoms with Crippen LogP contribution in [0, 0.1) is 0 Å². The fraction of sp³-hybridized carbons (Fsp3) is 0.333. The second-order valence-electron chi connectivity index (χ2n) is 4.50. The van der Waals surface area contributed by atoms with Gasteiger partial charge in [-0.3, -0.25) is 9.89 Å². The Kier molecular flexibility index (Phi) is 2.79. The molecule has 0 saturated heterocycles. The Morgan fingerprint density at radius 1 is 1.61 bits per heavy atom. The van der Waals surface area contributed by atoms with Gasteiger partial charge in [0.05, 0.1) is 0 Å².